The van der Waals surface area contributed by atoms with Gasteiger partial charge in [-0.1, -0.05) is 6.92 Å². The number of aryl methyl sites for hydroxylation is 1. The molecular weight excluding hydrogens is 414 g/mol. The van der Waals surface area contributed by atoms with Gasteiger partial charge in [-0.05, 0) is 38.0 Å². The Kier molecular flexibility index (Phi) is 7.48. The van der Waals surface area contributed by atoms with Crippen molar-refractivity contribution in [1.82, 2.24) is 0 Å². The molecule has 0 saturated heterocycles. The molecule has 1 heterocycles. The number of rotatable bonds is 8. The van der Waals surface area contributed by atoms with Crippen LogP contribution in [0.1, 0.15) is 45.0 Å². The third-order valence-electron chi connectivity index (χ3n) is 4.10. The van der Waals surface area contributed by atoms with Crippen molar-refractivity contribution < 1.29 is 28.8 Å². The monoisotopic (exact) mass is 435 g/mol. The van der Waals surface area contributed by atoms with E-state index in [1.165, 1.54) is 23.5 Å². The van der Waals surface area contributed by atoms with Crippen LogP contribution in [-0.2, 0) is 20.7 Å². The van der Waals surface area contributed by atoms with Crippen LogP contribution in [0.25, 0.3) is 0 Å². The van der Waals surface area contributed by atoms with Crippen molar-refractivity contribution in [3.05, 3.63) is 49.9 Å². The zero-order chi connectivity index (χ0) is 22.4. The molecule has 0 aliphatic rings. The molecule has 0 saturated carbocycles. The van der Waals surface area contributed by atoms with Crippen molar-refractivity contribution in [3.8, 4) is 0 Å². The maximum Gasteiger partial charge on any atom is 0.341 e. The molecule has 0 bridgehead atoms. The molecule has 3 N–H and O–H groups in total. The average molecular weight is 435 g/mol. The second-order valence-corrected chi connectivity index (χ2v) is 7.19. The molecule has 1 amide bonds. The largest absolute Gasteiger partial charge is 0.462 e. The first-order valence-electron chi connectivity index (χ1n) is 8.99. The first-order chi connectivity index (χ1) is 14.2. The Hall–Kier alpha value is -3.47. The molecule has 30 heavy (non-hydrogen) atoms. The van der Waals surface area contributed by atoms with Crippen LogP contribution in [0.4, 0.5) is 16.4 Å². The summed E-state index contributed by atoms with van der Waals surface area (Å²) in [6.07, 6.45) is 0.670. The number of benzene rings is 1. The maximum absolute atomic E-state index is 12.3. The van der Waals surface area contributed by atoms with E-state index in [0.29, 0.717) is 11.4 Å². The number of nitro groups is 1. The molecule has 2 rings (SSSR count). The van der Waals surface area contributed by atoms with Gasteiger partial charge in [-0.15, -0.1) is 11.3 Å². The summed E-state index contributed by atoms with van der Waals surface area (Å²) in [5.41, 5.74) is 5.84. The molecule has 0 aliphatic carbocycles. The van der Waals surface area contributed by atoms with E-state index >= 15 is 0 Å². The van der Waals surface area contributed by atoms with E-state index in [1.807, 2.05) is 6.92 Å². The Morgan fingerprint density at radius 1 is 1.20 bits per heavy atom. The van der Waals surface area contributed by atoms with Crippen LogP contribution in [0.2, 0.25) is 0 Å². The van der Waals surface area contributed by atoms with Crippen LogP contribution in [0.5, 0.6) is 0 Å². The molecule has 10 nitrogen and oxygen atoms in total. The average Bonchev–Trinajstić information content (AvgIpc) is 3.01. The van der Waals surface area contributed by atoms with E-state index in [-0.39, 0.29) is 23.4 Å². The zero-order valence-electron chi connectivity index (χ0n) is 16.6. The predicted molar refractivity (Wildman–Crippen MR) is 111 cm³/mol. The summed E-state index contributed by atoms with van der Waals surface area (Å²) in [6.45, 7) is 4.92. The number of nitrogen functional groups attached to an aromatic ring is 1. The van der Waals surface area contributed by atoms with Gasteiger partial charge in [-0.3, -0.25) is 14.9 Å². The van der Waals surface area contributed by atoms with Crippen molar-refractivity contribution in [2.24, 2.45) is 0 Å². The summed E-state index contributed by atoms with van der Waals surface area (Å²) in [7, 11) is 0. The number of nitrogens with zero attached hydrogens (tertiary/aromatic N) is 1. The smallest absolute Gasteiger partial charge is 0.341 e. The zero-order valence-corrected chi connectivity index (χ0v) is 17.5. The predicted octanol–water partition coefficient (Wildman–Crippen LogP) is 3.08. The molecule has 1 aromatic carbocycles. The molecule has 11 heteroatoms. The van der Waals surface area contributed by atoms with Gasteiger partial charge in [0, 0.05) is 10.9 Å². The molecule has 0 fully saturated rings. The lowest BCUT2D eigenvalue weighted by Crippen LogP contribution is -2.22. The fraction of sp³-hybridized carbons (Fsp3) is 0.316. The summed E-state index contributed by atoms with van der Waals surface area (Å²) < 4.78 is 9.97. The molecule has 0 spiro atoms. The highest BCUT2D eigenvalue weighted by molar-refractivity contribution is 7.17. The molecule has 0 unspecified atom stereocenters. The summed E-state index contributed by atoms with van der Waals surface area (Å²) in [6, 6.07) is 3.45. The number of nitro benzene ring substituents is 1. The van der Waals surface area contributed by atoms with Crippen LogP contribution >= 0.6 is 11.3 Å². The minimum absolute atomic E-state index is 0.0967. The van der Waals surface area contributed by atoms with E-state index in [2.05, 4.69) is 5.32 Å². The number of hydrogen-bond donors (Lipinski definition) is 2. The van der Waals surface area contributed by atoms with Crippen molar-refractivity contribution in [2.75, 3.05) is 24.3 Å². The molecule has 160 valence electrons. The van der Waals surface area contributed by atoms with E-state index in [4.69, 9.17) is 15.2 Å². The van der Waals surface area contributed by atoms with Gasteiger partial charge in [0.25, 0.3) is 11.6 Å². The number of amides is 1. The summed E-state index contributed by atoms with van der Waals surface area (Å²) in [5, 5.41) is 13.8. The quantitative estimate of drug-likeness (QED) is 0.278. The van der Waals surface area contributed by atoms with Crippen molar-refractivity contribution >= 4 is 45.6 Å². The lowest BCUT2D eigenvalue weighted by molar-refractivity contribution is -0.383. The molecule has 1 aromatic heterocycles. The van der Waals surface area contributed by atoms with Gasteiger partial charge in [-0.25, -0.2) is 9.59 Å². The van der Waals surface area contributed by atoms with E-state index < -0.39 is 35.1 Å². The Bertz CT molecular complexity index is 1000. The second kappa shape index (κ2) is 9.83. The Labute approximate surface area is 176 Å². The number of nitrogens with two attached hydrogens (primary N) is 1. The van der Waals surface area contributed by atoms with Crippen LogP contribution in [-0.4, -0.2) is 36.0 Å². The molecule has 0 atom stereocenters. The van der Waals surface area contributed by atoms with E-state index in [1.54, 1.807) is 13.8 Å². The van der Waals surface area contributed by atoms with Crippen LogP contribution in [0.15, 0.2) is 18.2 Å². The van der Waals surface area contributed by atoms with E-state index in [0.717, 1.165) is 16.5 Å². The third-order valence-corrected chi connectivity index (χ3v) is 5.45. The van der Waals surface area contributed by atoms with Gasteiger partial charge in [-0.2, -0.15) is 0 Å². The number of carbonyl (C=O) groups is 3. The summed E-state index contributed by atoms with van der Waals surface area (Å²) in [5.74, 6) is -2.13. The lowest BCUT2D eigenvalue weighted by atomic mass is 10.1. The van der Waals surface area contributed by atoms with E-state index in [9.17, 15) is 24.5 Å². The molecule has 0 radical (unpaired) electrons. The minimum Gasteiger partial charge on any atom is -0.462 e. The van der Waals surface area contributed by atoms with Gasteiger partial charge in [0.1, 0.15) is 10.7 Å². The molecular formula is C19H21N3O7S. The van der Waals surface area contributed by atoms with Crippen molar-refractivity contribution in [1.29, 1.82) is 0 Å². The first-order valence-corrected chi connectivity index (χ1v) is 9.81. The standard InChI is InChI=1S/C19H21N3O7S/c1-4-14-10(3)16(19(25)28-5-2)17(30-14)21-15(23)9-29-18(24)11-6-7-12(20)13(8-11)22(26)27/h6-8H,4-5,9,20H2,1-3H3,(H,21,23). The highest BCUT2D eigenvalue weighted by Crippen LogP contribution is 2.34. The van der Waals surface area contributed by atoms with Crippen LogP contribution < -0.4 is 11.1 Å². The normalized spacial score (nSPS) is 10.4. The van der Waals surface area contributed by atoms with Gasteiger partial charge in [0.05, 0.1) is 22.7 Å². The first kappa shape index (κ1) is 22.8. The fourth-order valence-electron chi connectivity index (χ4n) is 2.64. The van der Waals surface area contributed by atoms with Crippen molar-refractivity contribution in [2.45, 2.75) is 27.2 Å². The fourth-order valence-corrected chi connectivity index (χ4v) is 3.79. The minimum atomic E-state index is -0.921. The summed E-state index contributed by atoms with van der Waals surface area (Å²) in [4.78, 5) is 47.7. The van der Waals surface area contributed by atoms with Gasteiger partial charge in [0.15, 0.2) is 6.61 Å². The highest BCUT2D eigenvalue weighted by Gasteiger charge is 2.23. The Morgan fingerprint density at radius 3 is 2.50 bits per heavy atom. The number of thiophene rings is 1. The lowest BCUT2D eigenvalue weighted by Gasteiger charge is -2.08. The molecule has 2 aromatic rings. The third kappa shape index (κ3) is 5.11. The maximum atomic E-state index is 12.3. The van der Waals surface area contributed by atoms with Crippen molar-refractivity contribution in [3.63, 3.8) is 0 Å². The SMILES string of the molecule is CCOC(=O)c1c(NC(=O)COC(=O)c2ccc(N)c([N+](=O)[O-])c2)sc(CC)c1C. The number of ether oxygens (including phenoxy) is 2. The Morgan fingerprint density at radius 2 is 1.90 bits per heavy atom. The number of esters is 2. The Balaban J connectivity index is 2.10. The number of nitrogens with one attached hydrogen (secondary N) is 1. The van der Waals surface area contributed by atoms with Crippen LogP contribution in [0, 0.1) is 17.0 Å². The van der Waals surface area contributed by atoms with Crippen LogP contribution in [0.3, 0.4) is 0 Å². The topological polar surface area (TPSA) is 151 Å². The molecule has 0 aliphatic heterocycles. The van der Waals surface area contributed by atoms with Gasteiger partial charge in [0.2, 0.25) is 0 Å². The van der Waals surface area contributed by atoms with Gasteiger partial charge < -0.3 is 20.5 Å². The second-order valence-electron chi connectivity index (χ2n) is 6.08. The van der Waals surface area contributed by atoms with Gasteiger partial charge >= 0.3 is 11.9 Å². The summed E-state index contributed by atoms with van der Waals surface area (Å²) >= 11 is 1.24. The number of anilines is 2. The number of hydrogen-bond acceptors (Lipinski definition) is 9. The number of carbonyl (C=O) groups excluding carboxylic acids is 3. The highest BCUT2D eigenvalue weighted by atomic mass is 32.1.